The highest BCUT2D eigenvalue weighted by atomic mass is 32.2. The van der Waals surface area contributed by atoms with Crippen molar-refractivity contribution in [2.24, 2.45) is 0 Å². The Balaban J connectivity index is 2.07. The normalized spacial score (nSPS) is 12.6. The number of hydrogen-bond donors (Lipinski definition) is 2. The van der Waals surface area contributed by atoms with E-state index in [0.717, 1.165) is 18.7 Å². The van der Waals surface area contributed by atoms with E-state index in [-0.39, 0.29) is 19.0 Å². The van der Waals surface area contributed by atoms with Crippen molar-refractivity contribution in [1.29, 1.82) is 0 Å². The van der Waals surface area contributed by atoms with Crippen LogP contribution in [0.4, 0.5) is 4.39 Å². The van der Waals surface area contributed by atoms with Gasteiger partial charge in [0, 0.05) is 12.1 Å². The van der Waals surface area contributed by atoms with Crippen LogP contribution >= 0.6 is 11.8 Å². The molecule has 0 amide bonds. The van der Waals surface area contributed by atoms with Crippen molar-refractivity contribution in [2.45, 2.75) is 19.1 Å². The van der Waals surface area contributed by atoms with Crippen LogP contribution in [0.5, 0.6) is 0 Å². The molecule has 0 aliphatic heterocycles. The predicted molar refractivity (Wildman–Crippen MR) is 77.9 cm³/mol. The molecular weight excluding hydrogens is 265 g/mol. The van der Waals surface area contributed by atoms with Gasteiger partial charge >= 0.3 is 0 Å². The highest BCUT2D eigenvalue weighted by Gasteiger charge is 2.05. The number of thioether (sulfide) groups is 1. The van der Waals surface area contributed by atoms with Crippen molar-refractivity contribution in [3.05, 3.63) is 35.6 Å². The summed E-state index contributed by atoms with van der Waals surface area (Å²) in [7, 11) is 0. The fourth-order valence-corrected chi connectivity index (χ4v) is 2.02. The van der Waals surface area contributed by atoms with Crippen molar-refractivity contribution < 1.29 is 14.2 Å². The van der Waals surface area contributed by atoms with Crippen molar-refractivity contribution in [1.82, 2.24) is 5.32 Å². The maximum atomic E-state index is 13.3. The minimum absolute atomic E-state index is 0.191. The molecule has 5 heteroatoms. The van der Waals surface area contributed by atoms with Crippen LogP contribution < -0.4 is 5.32 Å². The molecule has 0 aliphatic rings. The summed E-state index contributed by atoms with van der Waals surface area (Å²) in [5.74, 6) is 0.847. The molecule has 1 atom stereocenters. The fourth-order valence-electron chi connectivity index (χ4n) is 1.59. The smallest absolute Gasteiger partial charge is 0.128 e. The molecule has 1 unspecified atom stereocenters. The summed E-state index contributed by atoms with van der Waals surface area (Å²) in [4.78, 5) is 0. The van der Waals surface area contributed by atoms with Gasteiger partial charge in [-0.15, -0.1) is 0 Å². The Morgan fingerprint density at radius 3 is 2.95 bits per heavy atom. The average molecular weight is 287 g/mol. The van der Waals surface area contributed by atoms with Gasteiger partial charge < -0.3 is 15.2 Å². The molecule has 1 aromatic rings. The summed E-state index contributed by atoms with van der Waals surface area (Å²) in [5.41, 5.74) is 0.516. The number of halogens is 1. The molecule has 0 aromatic heterocycles. The SMILES string of the molecule is CSCCCNCC(O)COCc1ccccc1F. The minimum atomic E-state index is -0.555. The lowest BCUT2D eigenvalue weighted by molar-refractivity contribution is 0.0280. The number of hydrogen-bond acceptors (Lipinski definition) is 4. The van der Waals surface area contributed by atoms with E-state index < -0.39 is 6.10 Å². The van der Waals surface area contributed by atoms with Crippen molar-refractivity contribution >= 4 is 11.8 Å². The van der Waals surface area contributed by atoms with E-state index in [1.165, 1.54) is 6.07 Å². The molecule has 2 N–H and O–H groups in total. The van der Waals surface area contributed by atoms with Crippen LogP contribution in [0, 0.1) is 5.82 Å². The first-order chi connectivity index (χ1) is 9.24. The van der Waals surface area contributed by atoms with Gasteiger partial charge in [-0.1, -0.05) is 18.2 Å². The molecule has 0 fully saturated rings. The zero-order valence-corrected chi connectivity index (χ0v) is 12.1. The fraction of sp³-hybridized carbons (Fsp3) is 0.571. The van der Waals surface area contributed by atoms with Crippen LogP contribution in [0.15, 0.2) is 24.3 Å². The van der Waals surface area contributed by atoms with Crippen LogP contribution in [0.1, 0.15) is 12.0 Å². The minimum Gasteiger partial charge on any atom is -0.389 e. The Labute approximate surface area is 118 Å². The number of nitrogens with one attached hydrogen (secondary N) is 1. The van der Waals surface area contributed by atoms with E-state index >= 15 is 0 Å². The third kappa shape index (κ3) is 7.52. The largest absolute Gasteiger partial charge is 0.389 e. The summed E-state index contributed by atoms with van der Waals surface area (Å²) in [6, 6.07) is 6.50. The number of aliphatic hydroxyl groups is 1. The molecule has 0 aliphatic carbocycles. The monoisotopic (exact) mass is 287 g/mol. The number of ether oxygens (including phenoxy) is 1. The van der Waals surface area contributed by atoms with E-state index in [1.54, 1.807) is 18.2 Å². The third-order valence-corrected chi connectivity index (χ3v) is 3.30. The van der Waals surface area contributed by atoms with E-state index in [0.29, 0.717) is 12.1 Å². The molecule has 1 rings (SSSR count). The second-order valence-corrected chi connectivity index (χ2v) is 5.30. The molecular formula is C14H22FNO2S. The van der Waals surface area contributed by atoms with E-state index in [9.17, 15) is 9.50 Å². The second kappa shape index (κ2) is 10.2. The van der Waals surface area contributed by atoms with Crippen LogP contribution in [0.2, 0.25) is 0 Å². The number of aliphatic hydroxyl groups excluding tert-OH is 1. The van der Waals surface area contributed by atoms with Gasteiger partial charge in [0.2, 0.25) is 0 Å². The van der Waals surface area contributed by atoms with Crippen LogP contribution in [0.25, 0.3) is 0 Å². The Morgan fingerprint density at radius 2 is 2.21 bits per heavy atom. The van der Waals surface area contributed by atoms with Gasteiger partial charge in [-0.25, -0.2) is 4.39 Å². The molecule has 0 heterocycles. The topological polar surface area (TPSA) is 41.5 Å². The van der Waals surface area contributed by atoms with Gasteiger partial charge in [-0.3, -0.25) is 0 Å². The number of benzene rings is 1. The third-order valence-electron chi connectivity index (χ3n) is 2.61. The summed E-state index contributed by atoms with van der Waals surface area (Å²) in [6.07, 6.45) is 2.61. The molecule has 0 saturated carbocycles. The maximum absolute atomic E-state index is 13.3. The summed E-state index contributed by atoms with van der Waals surface area (Å²) in [5, 5.41) is 12.8. The van der Waals surface area contributed by atoms with E-state index in [1.807, 2.05) is 11.8 Å². The van der Waals surface area contributed by atoms with Gasteiger partial charge in [0.25, 0.3) is 0 Å². The average Bonchev–Trinajstić information content (AvgIpc) is 2.41. The van der Waals surface area contributed by atoms with Crippen molar-refractivity contribution in [2.75, 3.05) is 31.7 Å². The lowest BCUT2D eigenvalue weighted by Gasteiger charge is -2.12. The van der Waals surface area contributed by atoms with Gasteiger partial charge in [0.05, 0.1) is 19.3 Å². The van der Waals surface area contributed by atoms with E-state index in [4.69, 9.17) is 4.74 Å². The lowest BCUT2D eigenvalue weighted by Crippen LogP contribution is -2.31. The van der Waals surface area contributed by atoms with E-state index in [2.05, 4.69) is 11.6 Å². The highest BCUT2D eigenvalue weighted by Crippen LogP contribution is 2.07. The Hall–Kier alpha value is -0.620. The Kier molecular flexibility index (Phi) is 8.82. The molecule has 0 spiro atoms. The Morgan fingerprint density at radius 1 is 1.42 bits per heavy atom. The molecule has 108 valence electrons. The standard InChI is InChI=1S/C14H22FNO2S/c1-19-8-4-7-16-9-13(17)11-18-10-12-5-2-3-6-14(12)15/h2-3,5-6,13,16-17H,4,7-11H2,1H3. The molecule has 19 heavy (non-hydrogen) atoms. The predicted octanol–water partition coefficient (Wildman–Crippen LogP) is 2.05. The summed E-state index contributed by atoms with van der Waals surface area (Å²) in [6.45, 7) is 1.80. The van der Waals surface area contributed by atoms with Crippen molar-refractivity contribution in [3.63, 3.8) is 0 Å². The van der Waals surface area contributed by atoms with Crippen LogP contribution in [0.3, 0.4) is 0 Å². The van der Waals surface area contributed by atoms with Gasteiger partial charge in [-0.05, 0) is 31.0 Å². The number of rotatable bonds is 10. The summed E-state index contributed by atoms with van der Waals surface area (Å²) >= 11 is 1.81. The molecule has 1 aromatic carbocycles. The second-order valence-electron chi connectivity index (χ2n) is 4.31. The van der Waals surface area contributed by atoms with Gasteiger partial charge in [-0.2, -0.15) is 11.8 Å². The lowest BCUT2D eigenvalue weighted by atomic mass is 10.2. The molecule has 0 radical (unpaired) electrons. The maximum Gasteiger partial charge on any atom is 0.128 e. The first-order valence-corrected chi connectivity index (χ1v) is 7.82. The van der Waals surface area contributed by atoms with Gasteiger partial charge in [0.1, 0.15) is 5.82 Å². The Bertz CT molecular complexity index is 352. The molecule has 0 bridgehead atoms. The quantitative estimate of drug-likeness (QED) is 0.646. The zero-order valence-electron chi connectivity index (χ0n) is 11.3. The van der Waals surface area contributed by atoms with Crippen LogP contribution in [-0.2, 0) is 11.3 Å². The summed E-state index contributed by atoms with van der Waals surface area (Å²) < 4.78 is 18.6. The molecule has 0 saturated heterocycles. The molecule has 3 nitrogen and oxygen atoms in total. The van der Waals surface area contributed by atoms with Crippen molar-refractivity contribution in [3.8, 4) is 0 Å². The van der Waals surface area contributed by atoms with Gasteiger partial charge in [0.15, 0.2) is 0 Å². The van der Waals surface area contributed by atoms with Crippen LogP contribution in [-0.4, -0.2) is 42.9 Å². The highest BCUT2D eigenvalue weighted by molar-refractivity contribution is 7.98. The first kappa shape index (κ1) is 16.4. The zero-order chi connectivity index (χ0) is 13.9. The first-order valence-electron chi connectivity index (χ1n) is 6.43.